The van der Waals surface area contributed by atoms with Gasteiger partial charge in [-0.25, -0.2) is 0 Å². The molecule has 3 rings (SSSR count). The molecule has 5 heteroatoms. The standard InChI is InChI=1S/C16H21BO4/c1-15(2)16(3,4)21-17(20-15)11-7-8-12-13(18)6-5-9-19-14(12)10-11/h7-8,10H,5-6,9H2,1-4H3. The van der Waals surface area contributed by atoms with Crippen LogP contribution < -0.4 is 10.2 Å². The molecule has 0 bridgehead atoms. The van der Waals surface area contributed by atoms with Gasteiger partial charge < -0.3 is 14.0 Å². The summed E-state index contributed by atoms with van der Waals surface area (Å²) >= 11 is 0. The van der Waals surface area contributed by atoms with Gasteiger partial charge in [0, 0.05) is 6.42 Å². The molecule has 1 saturated heterocycles. The number of hydrogen-bond donors (Lipinski definition) is 0. The van der Waals surface area contributed by atoms with Gasteiger partial charge in [-0.3, -0.25) is 4.79 Å². The Balaban J connectivity index is 1.92. The van der Waals surface area contributed by atoms with Crippen molar-refractivity contribution in [3.63, 3.8) is 0 Å². The summed E-state index contributed by atoms with van der Waals surface area (Å²) < 4.78 is 17.8. The highest BCUT2D eigenvalue weighted by Crippen LogP contribution is 2.37. The third-order valence-electron chi connectivity index (χ3n) is 4.64. The van der Waals surface area contributed by atoms with Gasteiger partial charge in [-0.1, -0.05) is 6.07 Å². The highest BCUT2D eigenvalue weighted by atomic mass is 16.7. The number of rotatable bonds is 1. The number of carbonyl (C=O) groups excluding carboxylic acids is 1. The summed E-state index contributed by atoms with van der Waals surface area (Å²) in [7, 11) is -0.428. The molecule has 0 aromatic heterocycles. The summed E-state index contributed by atoms with van der Waals surface area (Å²) in [5.74, 6) is 0.785. The van der Waals surface area contributed by atoms with Crippen LogP contribution in [0.25, 0.3) is 0 Å². The molecule has 0 amide bonds. The monoisotopic (exact) mass is 288 g/mol. The van der Waals surface area contributed by atoms with Gasteiger partial charge in [0.25, 0.3) is 0 Å². The Morgan fingerprint density at radius 2 is 1.76 bits per heavy atom. The molecular weight excluding hydrogens is 267 g/mol. The minimum Gasteiger partial charge on any atom is -0.493 e. The van der Waals surface area contributed by atoms with E-state index in [4.69, 9.17) is 14.0 Å². The van der Waals surface area contributed by atoms with Crippen LogP contribution in [0.15, 0.2) is 18.2 Å². The Morgan fingerprint density at radius 3 is 2.43 bits per heavy atom. The highest BCUT2D eigenvalue weighted by molar-refractivity contribution is 6.62. The molecule has 1 aromatic rings. The Bertz CT molecular complexity index is 564. The van der Waals surface area contributed by atoms with Crippen LogP contribution in [0.5, 0.6) is 5.75 Å². The molecule has 2 aliphatic rings. The molecule has 4 nitrogen and oxygen atoms in total. The van der Waals surface area contributed by atoms with Crippen LogP contribution in [-0.2, 0) is 9.31 Å². The van der Waals surface area contributed by atoms with Crippen molar-refractivity contribution in [2.45, 2.75) is 51.7 Å². The number of benzene rings is 1. The van der Waals surface area contributed by atoms with Crippen molar-refractivity contribution in [2.24, 2.45) is 0 Å². The Kier molecular flexibility index (Phi) is 3.37. The second-order valence-electron chi connectivity index (χ2n) is 6.72. The summed E-state index contributed by atoms with van der Waals surface area (Å²) in [6, 6.07) is 5.59. The highest BCUT2D eigenvalue weighted by Gasteiger charge is 2.51. The second-order valence-corrected chi connectivity index (χ2v) is 6.72. The fraction of sp³-hybridized carbons (Fsp3) is 0.562. The number of ketones is 1. The van der Waals surface area contributed by atoms with E-state index in [-0.39, 0.29) is 17.0 Å². The smallest absolute Gasteiger partial charge is 0.493 e. The third kappa shape index (κ3) is 2.49. The predicted octanol–water partition coefficient (Wildman–Crippen LogP) is 2.34. The lowest BCUT2D eigenvalue weighted by molar-refractivity contribution is 0.00578. The average molecular weight is 288 g/mol. The van der Waals surface area contributed by atoms with E-state index in [0.29, 0.717) is 24.3 Å². The quantitative estimate of drug-likeness (QED) is 0.744. The molecule has 112 valence electrons. The fourth-order valence-electron chi connectivity index (χ4n) is 2.56. The van der Waals surface area contributed by atoms with Gasteiger partial charge in [0.1, 0.15) is 5.75 Å². The van der Waals surface area contributed by atoms with Gasteiger partial charge in [0.15, 0.2) is 5.78 Å². The van der Waals surface area contributed by atoms with Gasteiger partial charge in [0.05, 0.1) is 23.4 Å². The van der Waals surface area contributed by atoms with Crippen molar-refractivity contribution in [1.82, 2.24) is 0 Å². The van der Waals surface area contributed by atoms with Crippen LogP contribution in [0, 0.1) is 0 Å². The summed E-state index contributed by atoms with van der Waals surface area (Å²) in [6.45, 7) is 8.67. The maximum absolute atomic E-state index is 12.0. The zero-order chi connectivity index (χ0) is 15.3. The van der Waals surface area contributed by atoms with Crippen molar-refractivity contribution < 1.29 is 18.8 Å². The predicted molar refractivity (Wildman–Crippen MR) is 81.2 cm³/mol. The Morgan fingerprint density at radius 1 is 1.10 bits per heavy atom. The van der Waals surface area contributed by atoms with E-state index in [2.05, 4.69) is 0 Å². The lowest BCUT2D eigenvalue weighted by atomic mass is 9.78. The van der Waals surface area contributed by atoms with Crippen molar-refractivity contribution in [3.05, 3.63) is 23.8 Å². The number of ether oxygens (including phenoxy) is 1. The minimum atomic E-state index is -0.428. The maximum Gasteiger partial charge on any atom is 0.494 e. The van der Waals surface area contributed by atoms with E-state index in [1.54, 1.807) is 0 Å². The van der Waals surface area contributed by atoms with Crippen molar-refractivity contribution in [3.8, 4) is 5.75 Å². The average Bonchev–Trinajstić information content (AvgIpc) is 2.54. The fourth-order valence-corrected chi connectivity index (χ4v) is 2.56. The molecule has 0 spiro atoms. The number of hydrogen-bond acceptors (Lipinski definition) is 4. The van der Waals surface area contributed by atoms with E-state index in [1.165, 1.54) is 0 Å². The first kappa shape index (κ1) is 14.6. The molecule has 0 radical (unpaired) electrons. The van der Waals surface area contributed by atoms with Crippen molar-refractivity contribution in [1.29, 1.82) is 0 Å². The third-order valence-corrected chi connectivity index (χ3v) is 4.64. The molecule has 1 aromatic carbocycles. The zero-order valence-electron chi connectivity index (χ0n) is 13.1. The number of Topliss-reactive ketones (excluding diaryl/α,β-unsaturated/α-hetero) is 1. The van der Waals surface area contributed by atoms with E-state index in [0.717, 1.165) is 11.9 Å². The van der Waals surface area contributed by atoms with Gasteiger partial charge >= 0.3 is 7.12 Å². The number of fused-ring (bicyclic) bond motifs is 1. The topological polar surface area (TPSA) is 44.8 Å². The molecule has 0 N–H and O–H groups in total. The molecular formula is C16H21BO4. The van der Waals surface area contributed by atoms with Crippen LogP contribution >= 0.6 is 0 Å². The Labute approximate surface area is 125 Å². The minimum absolute atomic E-state index is 0.142. The normalized spacial score (nSPS) is 23.4. The van der Waals surface area contributed by atoms with Gasteiger partial charge in [-0.05, 0) is 51.7 Å². The van der Waals surface area contributed by atoms with Crippen LogP contribution in [0.2, 0.25) is 0 Å². The molecule has 0 atom stereocenters. The summed E-state index contributed by atoms with van der Waals surface area (Å²) in [4.78, 5) is 12.0. The van der Waals surface area contributed by atoms with E-state index in [9.17, 15) is 4.79 Å². The number of carbonyl (C=O) groups is 1. The largest absolute Gasteiger partial charge is 0.494 e. The van der Waals surface area contributed by atoms with E-state index in [1.807, 2.05) is 45.9 Å². The van der Waals surface area contributed by atoms with Gasteiger partial charge in [0.2, 0.25) is 0 Å². The molecule has 21 heavy (non-hydrogen) atoms. The summed E-state index contributed by atoms with van der Waals surface area (Å²) in [5, 5.41) is 0. The lowest BCUT2D eigenvalue weighted by Crippen LogP contribution is -2.41. The second kappa shape index (κ2) is 4.85. The molecule has 2 heterocycles. The molecule has 0 saturated carbocycles. The van der Waals surface area contributed by atoms with Crippen LogP contribution in [0.1, 0.15) is 50.9 Å². The molecule has 2 aliphatic heterocycles. The van der Waals surface area contributed by atoms with Crippen molar-refractivity contribution in [2.75, 3.05) is 6.61 Å². The first-order valence-electron chi connectivity index (χ1n) is 7.46. The van der Waals surface area contributed by atoms with Crippen LogP contribution in [0.4, 0.5) is 0 Å². The van der Waals surface area contributed by atoms with Gasteiger partial charge in [-0.15, -0.1) is 0 Å². The lowest BCUT2D eigenvalue weighted by Gasteiger charge is -2.32. The zero-order valence-corrected chi connectivity index (χ0v) is 13.1. The molecule has 0 aliphatic carbocycles. The first-order chi connectivity index (χ1) is 9.80. The summed E-state index contributed by atoms with van der Waals surface area (Å²) in [6.07, 6.45) is 1.31. The summed E-state index contributed by atoms with van der Waals surface area (Å²) in [5.41, 5.74) is 0.803. The Hall–Kier alpha value is -1.33. The van der Waals surface area contributed by atoms with E-state index >= 15 is 0 Å². The SMILES string of the molecule is CC1(C)OB(c2ccc3c(c2)OCCCC3=O)OC1(C)C. The van der Waals surface area contributed by atoms with E-state index < -0.39 is 7.12 Å². The van der Waals surface area contributed by atoms with Crippen LogP contribution in [-0.4, -0.2) is 30.7 Å². The van der Waals surface area contributed by atoms with Gasteiger partial charge in [-0.2, -0.15) is 0 Å². The molecule has 0 unspecified atom stereocenters. The first-order valence-corrected chi connectivity index (χ1v) is 7.46. The van der Waals surface area contributed by atoms with Crippen molar-refractivity contribution >= 4 is 18.4 Å². The molecule has 1 fully saturated rings. The maximum atomic E-state index is 12.0. The van der Waals surface area contributed by atoms with Crippen LogP contribution in [0.3, 0.4) is 0 Å².